The smallest absolute Gasteiger partial charge is 0.0642 e. The Hall–Kier alpha value is -1.86. The lowest BCUT2D eigenvalue weighted by molar-refractivity contribution is 0.331. The van der Waals surface area contributed by atoms with Gasteiger partial charge in [0.15, 0.2) is 0 Å². The maximum Gasteiger partial charge on any atom is 0.0642 e. The Morgan fingerprint density at radius 3 is 1.65 bits per heavy atom. The molecule has 126 valence electrons. The van der Waals surface area contributed by atoms with Crippen LogP contribution in [0.2, 0.25) is 0 Å². The molecule has 23 heavy (non-hydrogen) atoms. The summed E-state index contributed by atoms with van der Waals surface area (Å²) in [4.78, 5) is 0. The molecule has 0 aliphatic rings. The van der Waals surface area contributed by atoms with Gasteiger partial charge in [-0.05, 0) is 39.2 Å². The largest absolute Gasteiger partial charge is 0.392 e. The second kappa shape index (κ2) is 12.7. The lowest BCUT2D eigenvalue weighted by Gasteiger charge is -2.01. The van der Waals surface area contributed by atoms with Crippen LogP contribution in [0, 0.1) is 5.92 Å². The highest BCUT2D eigenvalue weighted by Gasteiger charge is 1.92. The van der Waals surface area contributed by atoms with Crippen molar-refractivity contribution in [2.75, 3.05) is 6.61 Å². The van der Waals surface area contributed by atoms with Gasteiger partial charge in [-0.1, -0.05) is 91.3 Å². The molecule has 0 rings (SSSR count). The van der Waals surface area contributed by atoms with Crippen molar-refractivity contribution in [2.24, 2.45) is 5.92 Å². The quantitative estimate of drug-likeness (QED) is 0.538. The van der Waals surface area contributed by atoms with Gasteiger partial charge in [0, 0.05) is 0 Å². The molecule has 0 bridgehead atoms. The Kier molecular flexibility index (Phi) is 11.6. The molecule has 0 atom stereocenters. The van der Waals surface area contributed by atoms with Gasteiger partial charge >= 0.3 is 0 Å². The number of hydrogen-bond acceptors (Lipinski definition) is 1. The predicted octanol–water partition coefficient (Wildman–Crippen LogP) is 6.09. The monoisotopic (exact) mass is 312 g/mol. The third-order valence-corrected chi connectivity index (χ3v) is 3.45. The first-order valence-electron chi connectivity index (χ1n) is 8.18. The number of allylic oxidation sites excluding steroid dienone is 13. The summed E-state index contributed by atoms with van der Waals surface area (Å²) in [5.41, 5.74) is 4.73. The van der Waals surface area contributed by atoms with E-state index in [-0.39, 0.29) is 6.61 Å². The van der Waals surface area contributed by atoms with Gasteiger partial charge in [-0.2, -0.15) is 0 Å². The van der Waals surface area contributed by atoms with E-state index in [0.29, 0.717) is 5.92 Å². The molecule has 0 saturated heterocycles. The molecule has 0 aromatic carbocycles. The molecule has 0 aromatic heterocycles. The highest BCUT2D eigenvalue weighted by molar-refractivity contribution is 5.29. The van der Waals surface area contributed by atoms with Gasteiger partial charge in [0.25, 0.3) is 0 Å². The van der Waals surface area contributed by atoms with E-state index >= 15 is 0 Å². The zero-order chi connectivity index (χ0) is 17.7. The summed E-state index contributed by atoms with van der Waals surface area (Å²) < 4.78 is 0. The highest BCUT2D eigenvalue weighted by atomic mass is 16.3. The predicted molar refractivity (Wildman–Crippen MR) is 104 cm³/mol. The molecule has 0 unspecified atom stereocenters. The fourth-order valence-corrected chi connectivity index (χ4v) is 1.49. The summed E-state index contributed by atoms with van der Waals surface area (Å²) in [6.45, 7) is 12.7. The molecule has 0 aliphatic carbocycles. The standard InChI is InChI=1S/C22H32O/c1-18(2)22(6)16-10-14-20(4)12-8-7-11-19(3)13-9-15-21(5)17-23/h7-16,18,23H,17H2,1-6H3/b8-7+,13-9+,14-10+,19-11+,20-12+,21-15+,22-16+. The van der Waals surface area contributed by atoms with Gasteiger partial charge in [-0.15, -0.1) is 0 Å². The van der Waals surface area contributed by atoms with E-state index in [0.717, 1.165) is 5.57 Å². The Balaban J connectivity index is 4.53. The van der Waals surface area contributed by atoms with E-state index in [1.807, 2.05) is 37.3 Å². The second-order valence-electron chi connectivity index (χ2n) is 6.16. The van der Waals surface area contributed by atoms with E-state index in [1.165, 1.54) is 16.7 Å². The average Bonchev–Trinajstić information content (AvgIpc) is 2.51. The highest BCUT2D eigenvalue weighted by Crippen LogP contribution is 2.08. The number of aliphatic hydroxyl groups is 1. The summed E-state index contributed by atoms with van der Waals surface area (Å²) in [7, 11) is 0. The van der Waals surface area contributed by atoms with E-state index < -0.39 is 0 Å². The third-order valence-electron chi connectivity index (χ3n) is 3.45. The topological polar surface area (TPSA) is 20.2 Å². The Morgan fingerprint density at radius 1 is 0.739 bits per heavy atom. The lowest BCUT2D eigenvalue weighted by Crippen LogP contribution is -1.86. The van der Waals surface area contributed by atoms with Crippen molar-refractivity contribution < 1.29 is 5.11 Å². The molecule has 0 spiro atoms. The normalized spacial score (nSPS) is 15.8. The minimum atomic E-state index is 0.108. The van der Waals surface area contributed by atoms with Crippen LogP contribution in [0.15, 0.2) is 83.1 Å². The molecule has 0 radical (unpaired) electrons. The minimum Gasteiger partial charge on any atom is -0.392 e. The molecule has 0 aromatic rings. The molecule has 0 heterocycles. The number of aliphatic hydroxyl groups excluding tert-OH is 1. The number of rotatable bonds is 8. The van der Waals surface area contributed by atoms with E-state index in [1.54, 1.807) is 0 Å². The van der Waals surface area contributed by atoms with Crippen LogP contribution < -0.4 is 0 Å². The molecule has 1 N–H and O–H groups in total. The van der Waals surface area contributed by atoms with Crippen LogP contribution in [-0.4, -0.2) is 11.7 Å². The van der Waals surface area contributed by atoms with Crippen LogP contribution in [0.25, 0.3) is 0 Å². The van der Waals surface area contributed by atoms with Crippen molar-refractivity contribution in [3.05, 3.63) is 83.1 Å². The lowest BCUT2D eigenvalue weighted by atomic mass is 10.1. The van der Waals surface area contributed by atoms with Crippen molar-refractivity contribution in [2.45, 2.75) is 41.5 Å². The van der Waals surface area contributed by atoms with E-state index in [4.69, 9.17) is 5.11 Å². The molecule has 1 nitrogen and oxygen atoms in total. The van der Waals surface area contributed by atoms with Gasteiger partial charge in [0.2, 0.25) is 0 Å². The number of hydrogen-bond donors (Lipinski definition) is 1. The van der Waals surface area contributed by atoms with Crippen LogP contribution in [-0.2, 0) is 0 Å². The maximum atomic E-state index is 8.90. The molecule has 0 saturated carbocycles. The molecule has 1 heteroatoms. The van der Waals surface area contributed by atoms with Crippen molar-refractivity contribution in [1.82, 2.24) is 0 Å². The van der Waals surface area contributed by atoms with Crippen molar-refractivity contribution in [3.8, 4) is 0 Å². The van der Waals surface area contributed by atoms with Crippen molar-refractivity contribution in [1.29, 1.82) is 0 Å². The Labute approximate surface area is 142 Å². The van der Waals surface area contributed by atoms with Crippen LogP contribution in [0.4, 0.5) is 0 Å². The van der Waals surface area contributed by atoms with E-state index in [9.17, 15) is 0 Å². The van der Waals surface area contributed by atoms with Crippen LogP contribution in [0.5, 0.6) is 0 Å². The average molecular weight is 312 g/mol. The summed E-state index contributed by atoms with van der Waals surface area (Å²) in [6, 6.07) is 0. The molecule has 0 aliphatic heterocycles. The summed E-state index contributed by atoms with van der Waals surface area (Å²) in [5, 5.41) is 8.90. The SMILES string of the molecule is CC(/C=C/C=C(\C)CO)=C\C=C\C=C(C)\C=C\C=C(/C)C(C)C. The minimum absolute atomic E-state index is 0.108. The first-order chi connectivity index (χ1) is 10.9. The molecule has 0 amide bonds. The first kappa shape index (κ1) is 21.1. The summed E-state index contributed by atoms with van der Waals surface area (Å²) in [6.07, 6.45) is 20.5. The van der Waals surface area contributed by atoms with Crippen LogP contribution >= 0.6 is 0 Å². The van der Waals surface area contributed by atoms with Crippen LogP contribution in [0.1, 0.15) is 41.5 Å². The van der Waals surface area contributed by atoms with Crippen LogP contribution in [0.3, 0.4) is 0 Å². The van der Waals surface area contributed by atoms with Gasteiger partial charge in [0.1, 0.15) is 0 Å². The fourth-order valence-electron chi connectivity index (χ4n) is 1.49. The van der Waals surface area contributed by atoms with Gasteiger partial charge < -0.3 is 5.11 Å². The Bertz CT molecular complexity index is 547. The van der Waals surface area contributed by atoms with Gasteiger partial charge in [-0.25, -0.2) is 0 Å². The van der Waals surface area contributed by atoms with Crippen molar-refractivity contribution in [3.63, 3.8) is 0 Å². The molecular weight excluding hydrogens is 280 g/mol. The zero-order valence-corrected chi connectivity index (χ0v) is 15.5. The van der Waals surface area contributed by atoms with Gasteiger partial charge in [0.05, 0.1) is 6.61 Å². The maximum absolute atomic E-state index is 8.90. The molecule has 0 fully saturated rings. The third kappa shape index (κ3) is 12.4. The Morgan fingerprint density at radius 2 is 1.22 bits per heavy atom. The fraction of sp³-hybridized carbons (Fsp3) is 0.364. The molecular formula is C22H32O. The second-order valence-corrected chi connectivity index (χ2v) is 6.16. The zero-order valence-electron chi connectivity index (χ0n) is 15.5. The van der Waals surface area contributed by atoms with E-state index in [2.05, 4.69) is 65.0 Å². The van der Waals surface area contributed by atoms with Gasteiger partial charge in [-0.3, -0.25) is 0 Å². The first-order valence-corrected chi connectivity index (χ1v) is 8.18. The summed E-state index contributed by atoms with van der Waals surface area (Å²) >= 11 is 0. The van der Waals surface area contributed by atoms with Crippen molar-refractivity contribution >= 4 is 0 Å². The summed E-state index contributed by atoms with van der Waals surface area (Å²) in [5.74, 6) is 0.598.